The van der Waals surface area contributed by atoms with Crippen molar-refractivity contribution in [2.24, 2.45) is 0 Å². The van der Waals surface area contributed by atoms with E-state index in [0.29, 0.717) is 11.8 Å². The van der Waals surface area contributed by atoms with Gasteiger partial charge in [-0.1, -0.05) is 30.3 Å². The number of hydrogen-bond donors (Lipinski definition) is 0. The predicted octanol–water partition coefficient (Wildman–Crippen LogP) is 3.71. The summed E-state index contributed by atoms with van der Waals surface area (Å²) in [6.07, 6.45) is 0. The number of thiophene rings is 1. The molecule has 90 valence electrons. The largest absolute Gasteiger partial charge is 0.293 e. The molecular weight excluding hydrogens is 266 g/mol. The van der Waals surface area contributed by atoms with E-state index in [1.54, 1.807) is 11.3 Å². The van der Waals surface area contributed by atoms with Gasteiger partial charge < -0.3 is 0 Å². The zero-order chi connectivity index (χ0) is 12.4. The summed E-state index contributed by atoms with van der Waals surface area (Å²) in [6, 6.07) is 12.0. The van der Waals surface area contributed by atoms with E-state index in [9.17, 15) is 0 Å². The van der Waals surface area contributed by atoms with Crippen molar-refractivity contribution in [1.29, 1.82) is 0 Å². The molecule has 0 spiro atoms. The SMILES string of the molecule is Clc1nnc(-c2ccccc2)n1Cc1ccsc1. The summed E-state index contributed by atoms with van der Waals surface area (Å²) >= 11 is 7.78. The van der Waals surface area contributed by atoms with Gasteiger partial charge in [-0.05, 0) is 34.0 Å². The fourth-order valence-corrected chi connectivity index (χ4v) is 2.63. The molecule has 0 radical (unpaired) electrons. The Morgan fingerprint density at radius 3 is 2.67 bits per heavy atom. The summed E-state index contributed by atoms with van der Waals surface area (Å²) in [6.45, 7) is 0.694. The Labute approximate surface area is 114 Å². The summed E-state index contributed by atoms with van der Waals surface area (Å²) < 4.78 is 1.92. The van der Waals surface area contributed by atoms with E-state index >= 15 is 0 Å². The van der Waals surface area contributed by atoms with Gasteiger partial charge in [-0.3, -0.25) is 4.57 Å². The fraction of sp³-hybridized carbons (Fsp3) is 0.0769. The van der Waals surface area contributed by atoms with Gasteiger partial charge in [-0.15, -0.1) is 10.2 Å². The van der Waals surface area contributed by atoms with Gasteiger partial charge in [0.2, 0.25) is 5.28 Å². The minimum Gasteiger partial charge on any atom is -0.293 e. The lowest BCUT2D eigenvalue weighted by atomic mass is 10.2. The molecule has 0 fully saturated rings. The van der Waals surface area contributed by atoms with E-state index < -0.39 is 0 Å². The number of nitrogens with zero attached hydrogens (tertiary/aromatic N) is 3. The van der Waals surface area contributed by atoms with Crippen molar-refractivity contribution in [2.45, 2.75) is 6.54 Å². The maximum atomic E-state index is 6.10. The van der Waals surface area contributed by atoms with Gasteiger partial charge in [0.25, 0.3) is 0 Å². The number of hydrogen-bond acceptors (Lipinski definition) is 3. The van der Waals surface area contributed by atoms with E-state index in [4.69, 9.17) is 11.6 Å². The Bertz CT molecular complexity index is 632. The number of benzene rings is 1. The van der Waals surface area contributed by atoms with Crippen LogP contribution in [0.25, 0.3) is 11.4 Å². The van der Waals surface area contributed by atoms with Crippen LogP contribution in [0.5, 0.6) is 0 Å². The van der Waals surface area contributed by atoms with Crippen LogP contribution >= 0.6 is 22.9 Å². The van der Waals surface area contributed by atoms with Gasteiger partial charge in [0.1, 0.15) is 0 Å². The predicted molar refractivity (Wildman–Crippen MR) is 73.9 cm³/mol. The Morgan fingerprint density at radius 2 is 1.94 bits per heavy atom. The molecule has 0 bridgehead atoms. The second-order valence-electron chi connectivity index (χ2n) is 3.88. The van der Waals surface area contributed by atoms with Gasteiger partial charge in [-0.25, -0.2) is 0 Å². The third kappa shape index (κ3) is 2.17. The second kappa shape index (κ2) is 4.92. The second-order valence-corrected chi connectivity index (χ2v) is 4.99. The van der Waals surface area contributed by atoms with Gasteiger partial charge in [0.15, 0.2) is 5.82 Å². The number of aromatic nitrogens is 3. The first kappa shape index (κ1) is 11.4. The summed E-state index contributed by atoms with van der Waals surface area (Å²) in [7, 11) is 0. The molecule has 5 heteroatoms. The minimum atomic E-state index is 0.417. The Hall–Kier alpha value is -1.65. The highest BCUT2D eigenvalue weighted by Crippen LogP contribution is 2.22. The molecule has 3 nitrogen and oxygen atoms in total. The van der Waals surface area contributed by atoms with E-state index in [0.717, 1.165) is 11.4 Å². The third-order valence-electron chi connectivity index (χ3n) is 2.66. The number of halogens is 1. The van der Waals surface area contributed by atoms with Crippen LogP contribution in [0, 0.1) is 0 Å². The lowest BCUT2D eigenvalue weighted by Gasteiger charge is -2.06. The van der Waals surface area contributed by atoms with Crippen molar-refractivity contribution in [1.82, 2.24) is 14.8 Å². The quantitative estimate of drug-likeness (QED) is 0.730. The topological polar surface area (TPSA) is 30.7 Å². The van der Waals surface area contributed by atoms with E-state index in [-0.39, 0.29) is 0 Å². The van der Waals surface area contributed by atoms with E-state index in [1.165, 1.54) is 5.56 Å². The molecule has 0 aliphatic heterocycles. The smallest absolute Gasteiger partial charge is 0.225 e. The molecule has 0 unspecified atom stereocenters. The molecular formula is C13H10ClN3S. The molecule has 0 amide bonds. The third-order valence-corrected chi connectivity index (χ3v) is 3.67. The molecule has 3 aromatic rings. The van der Waals surface area contributed by atoms with Crippen LogP contribution in [0.1, 0.15) is 5.56 Å². The maximum Gasteiger partial charge on any atom is 0.225 e. The van der Waals surface area contributed by atoms with Crippen molar-refractivity contribution in [3.05, 3.63) is 58.0 Å². The van der Waals surface area contributed by atoms with Gasteiger partial charge >= 0.3 is 0 Å². The van der Waals surface area contributed by atoms with E-state index in [1.807, 2.05) is 34.9 Å². The molecule has 1 aromatic carbocycles. The lowest BCUT2D eigenvalue weighted by Crippen LogP contribution is -2.01. The maximum absolute atomic E-state index is 6.10. The van der Waals surface area contributed by atoms with Crippen LogP contribution in [0.2, 0.25) is 5.28 Å². The summed E-state index contributed by atoms with van der Waals surface area (Å²) in [4.78, 5) is 0. The highest BCUT2D eigenvalue weighted by atomic mass is 35.5. The van der Waals surface area contributed by atoms with Crippen LogP contribution in [0.15, 0.2) is 47.2 Å². The molecule has 2 aromatic heterocycles. The van der Waals surface area contributed by atoms with Gasteiger partial charge in [-0.2, -0.15) is 11.3 Å². The summed E-state index contributed by atoms with van der Waals surface area (Å²) in [5, 5.41) is 12.7. The monoisotopic (exact) mass is 275 g/mol. The zero-order valence-corrected chi connectivity index (χ0v) is 11.0. The molecule has 0 aliphatic carbocycles. The zero-order valence-electron chi connectivity index (χ0n) is 9.45. The van der Waals surface area contributed by atoms with Gasteiger partial charge in [0.05, 0.1) is 6.54 Å². The Morgan fingerprint density at radius 1 is 1.11 bits per heavy atom. The molecule has 0 saturated heterocycles. The van der Waals surface area contributed by atoms with Gasteiger partial charge in [0, 0.05) is 5.56 Å². The Kier molecular flexibility index (Phi) is 3.13. The first-order chi connectivity index (χ1) is 8.84. The molecule has 0 atom stereocenters. The highest BCUT2D eigenvalue weighted by Gasteiger charge is 2.12. The normalized spacial score (nSPS) is 10.7. The molecule has 3 rings (SSSR count). The van der Waals surface area contributed by atoms with Crippen LogP contribution in [0.4, 0.5) is 0 Å². The van der Waals surface area contributed by atoms with Crippen LogP contribution in [0.3, 0.4) is 0 Å². The Balaban J connectivity index is 2.02. The first-order valence-corrected chi connectivity index (χ1v) is 6.82. The first-order valence-electron chi connectivity index (χ1n) is 5.50. The standard InChI is InChI=1S/C13H10ClN3S/c14-13-16-15-12(11-4-2-1-3-5-11)17(13)8-10-6-7-18-9-10/h1-7,9H,8H2. The molecule has 0 saturated carbocycles. The molecule has 18 heavy (non-hydrogen) atoms. The average molecular weight is 276 g/mol. The minimum absolute atomic E-state index is 0.417. The molecule has 2 heterocycles. The van der Waals surface area contributed by atoms with Crippen molar-refractivity contribution in [2.75, 3.05) is 0 Å². The highest BCUT2D eigenvalue weighted by molar-refractivity contribution is 7.07. The van der Waals surface area contributed by atoms with Crippen molar-refractivity contribution >= 4 is 22.9 Å². The molecule has 0 aliphatic rings. The lowest BCUT2D eigenvalue weighted by molar-refractivity contribution is 0.807. The molecule has 0 N–H and O–H groups in total. The fourth-order valence-electron chi connectivity index (χ4n) is 1.79. The van der Waals surface area contributed by atoms with E-state index in [2.05, 4.69) is 27.0 Å². The van der Waals surface area contributed by atoms with Crippen LogP contribution in [-0.2, 0) is 6.54 Å². The number of rotatable bonds is 3. The summed E-state index contributed by atoms with van der Waals surface area (Å²) in [5.74, 6) is 0.798. The van der Waals surface area contributed by atoms with Crippen molar-refractivity contribution in [3.8, 4) is 11.4 Å². The average Bonchev–Trinajstić information content (AvgIpc) is 3.03. The van der Waals surface area contributed by atoms with Crippen LogP contribution < -0.4 is 0 Å². The summed E-state index contributed by atoms with van der Waals surface area (Å²) in [5.41, 5.74) is 2.23. The van der Waals surface area contributed by atoms with Crippen LogP contribution in [-0.4, -0.2) is 14.8 Å². The van der Waals surface area contributed by atoms with Crippen molar-refractivity contribution < 1.29 is 0 Å². The van der Waals surface area contributed by atoms with Crippen molar-refractivity contribution in [3.63, 3.8) is 0 Å².